The zero-order chi connectivity index (χ0) is 13.6. The van der Waals surface area contributed by atoms with Crippen LogP contribution < -0.4 is 15.1 Å². The third-order valence-corrected chi connectivity index (χ3v) is 4.77. The van der Waals surface area contributed by atoms with Gasteiger partial charge in [-0.2, -0.15) is 0 Å². The molecule has 1 atom stereocenters. The van der Waals surface area contributed by atoms with Crippen molar-refractivity contribution in [2.75, 3.05) is 36.0 Å². The Hall–Kier alpha value is -0.740. The molecule has 0 saturated carbocycles. The normalized spacial score (nSPS) is 22.5. The van der Waals surface area contributed by atoms with Crippen molar-refractivity contribution in [3.8, 4) is 0 Å². The van der Waals surface area contributed by atoms with Crippen molar-refractivity contribution in [2.24, 2.45) is 0 Å². The highest BCUT2D eigenvalue weighted by atomic mass is 79.9. The van der Waals surface area contributed by atoms with Crippen LogP contribution in [0.15, 0.2) is 16.6 Å². The fourth-order valence-electron chi connectivity index (χ4n) is 3.25. The summed E-state index contributed by atoms with van der Waals surface area (Å²) in [5, 5.41) is 3.52. The Morgan fingerprint density at radius 3 is 2.89 bits per heavy atom. The second kappa shape index (κ2) is 4.98. The predicted molar refractivity (Wildman–Crippen MR) is 85.4 cm³/mol. The Bertz CT molecular complexity index is 487. The van der Waals surface area contributed by atoms with Gasteiger partial charge < -0.3 is 15.1 Å². The van der Waals surface area contributed by atoms with E-state index >= 15 is 0 Å². The van der Waals surface area contributed by atoms with E-state index in [0.29, 0.717) is 12.1 Å². The number of rotatable bonds is 1. The van der Waals surface area contributed by atoms with Crippen molar-refractivity contribution < 1.29 is 0 Å². The van der Waals surface area contributed by atoms with Crippen molar-refractivity contribution in [3.05, 3.63) is 22.2 Å². The number of nitrogens with zero attached hydrogens (tertiary/aromatic N) is 2. The van der Waals surface area contributed by atoms with E-state index < -0.39 is 0 Å². The molecule has 104 valence electrons. The van der Waals surface area contributed by atoms with Crippen LogP contribution in [0.1, 0.15) is 19.4 Å². The van der Waals surface area contributed by atoms with Crippen LogP contribution in [-0.4, -0.2) is 38.3 Å². The first kappa shape index (κ1) is 13.3. The number of fused-ring (bicyclic) bond motifs is 3. The molecule has 1 aromatic rings. The molecule has 2 aliphatic rings. The lowest BCUT2D eigenvalue weighted by Gasteiger charge is -2.49. The van der Waals surface area contributed by atoms with Gasteiger partial charge >= 0.3 is 0 Å². The van der Waals surface area contributed by atoms with Crippen LogP contribution in [-0.2, 0) is 0 Å². The molecule has 0 amide bonds. The fraction of sp³-hybridized carbons (Fsp3) is 0.600. The van der Waals surface area contributed by atoms with Crippen LogP contribution in [0.5, 0.6) is 0 Å². The maximum atomic E-state index is 3.77. The molecule has 2 heterocycles. The molecule has 3 rings (SSSR count). The lowest BCUT2D eigenvalue weighted by Crippen LogP contribution is -2.59. The van der Waals surface area contributed by atoms with E-state index in [2.05, 4.69) is 64.0 Å². The summed E-state index contributed by atoms with van der Waals surface area (Å²) in [6, 6.07) is 5.70. The summed E-state index contributed by atoms with van der Waals surface area (Å²) in [5.74, 6) is 0. The van der Waals surface area contributed by atoms with E-state index in [4.69, 9.17) is 0 Å². The SMILES string of the molecule is Cc1cc(Br)c2c(c1)N1CCNCC1CN2C(C)C. The van der Waals surface area contributed by atoms with Gasteiger partial charge in [-0.05, 0) is 54.4 Å². The molecule has 19 heavy (non-hydrogen) atoms. The first-order valence-electron chi connectivity index (χ1n) is 7.12. The maximum Gasteiger partial charge on any atom is 0.0751 e. The van der Waals surface area contributed by atoms with Crippen LogP contribution in [0.4, 0.5) is 11.4 Å². The minimum atomic E-state index is 0.529. The van der Waals surface area contributed by atoms with Gasteiger partial charge in [0.25, 0.3) is 0 Å². The zero-order valence-corrected chi connectivity index (χ0v) is 13.5. The van der Waals surface area contributed by atoms with Crippen LogP contribution in [0.2, 0.25) is 0 Å². The van der Waals surface area contributed by atoms with Gasteiger partial charge in [-0.3, -0.25) is 0 Å². The largest absolute Gasteiger partial charge is 0.364 e. The molecule has 2 aliphatic heterocycles. The summed E-state index contributed by atoms with van der Waals surface area (Å²) in [7, 11) is 0. The Morgan fingerprint density at radius 1 is 1.37 bits per heavy atom. The molecule has 1 aromatic carbocycles. The molecule has 1 N–H and O–H groups in total. The van der Waals surface area contributed by atoms with Gasteiger partial charge in [0.15, 0.2) is 0 Å². The number of halogens is 1. The van der Waals surface area contributed by atoms with Gasteiger partial charge in [-0.15, -0.1) is 0 Å². The van der Waals surface area contributed by atoms with Gasteiger partial charge in [0.05, 0.1) is 17.4 Å². The summed E-state index contributed by atoms with van der Waals surface area (Å²) in [5.41, 5.74) is 4.10. The molecular formula is C15H22BrN3. The highest BCUT2D eigenvalue weighted by Gasteiger charge is 2.34. The molecule has 4 heteroatoms. The third-order valence-electron chi connectivity index (χ3n) is 4.17. The van der Waals surface area contributed by atoms with E-state index in [9.17, 15) is 0 Å². The third kappa shape index (κ3) is 2.25. The summed E-state index contributed by atoms with van der Waals surface area (Å²) in [6.45, 7) is 11.1. The van der Waals surface area contributed by atoms with E-state index in [1.807, 2.05) is 0 Å². The Kier molecular flexibility index (Phi) is 3.48. The van der Waals surface area contributed by atoms with Gasteiger partial charge in [0.1, 0.15) is 0 Å². The quantitative estimate of drug-likeness (QED) is 0.857. The second-order valence-corrected chi connectivity index (χ2v) is 6.77. The van der Waals surface area contributed by atoms with Crippen LogP contribution in [0.25, 0.3) is 0 Å². The number of aryl methyl sites for hydroxylation is 1. The first-order valence-corrected chi connectivity index (χ1v) is 7.91. The van der Waals surface area contributed by atoms with Crippen molar-refractivity contribution >= 4 is 27.3 Å². The van der Waals surface area contributed by atoms with Crippen molar-refractivity contribution in [1.82, 2.24) is 5.32 Å². The first-order chi connectivity index (χ1) is 9.08. The van der Waals surface area contributed by atoms with Gasteiger partial charge in [0, 0.05) is 36.7 Å². The summed E-state index contributed by atoms with van der Waals surface area (Å²) < 4.78 is 1.23. The molecule has 0 bridgehead atoms. The smallest absolute Gasteiger partial charge is 0.0751 e. The second-order valence-electron chi connectivity index (χ2n) is 5.91. The van der Waals surface area contributed by atoms with E-state index in [-0.39, 0.29) is 0 Å². The molecular weight excluding hydrogens is 302 g/mol. The summed E-state index contributed by atoms with van der Waals surface area (Å²) in [4.78, 5) is 5.12. The van der Waals surface area contributed by atoms with Crippen LogP contribution in [0, 0.1) is 6.92 Å². The van der Waals surface area contributed by atoms with Crippen molar-refractivity contribution in [2.45, 2.75) is 32.9 Å². The molecule has 0 aliphatic carbocycles. The average molecular weight is 324 g/mol. The minimum Gasteiger partial charge on any atom is -0.364 e. The van der Waals surface area contributed by atoms with E-state index in [1.165, 1.54) is 21.4 Å². The number of benzene rings is 1. The van der Waals surface area contributed by atoms with Crippen molar-refractivity contribution in [1.29, 1.82) is 0 Å². The molecule has 1 unspecified atom stereocenters. The van der Waals surface area contributed by atoms with Gasteiger partial charge in [0.2, 0.25) is 0 Å². The Labute approximate surface area is 124 Å². The zero-order valence-electron chi connectivity index (χ0n) is 11.9. The number of hydrogen-bond acceptors (Lipinski definition) is 3. The van der Waals surface area contributed by atoms with Gasteiger partial charge in [-0.1, -0.05) is 0 Å². The standard InChI is InChI=1S/C15H22BrN3/c1-10(2)19-9-12-8-17-4-5-18(12)14-7-11(3)6-13(16)15(14)19/h6-7,10,12,17H,4-5,8-9H2,1-3H3. The Balaban J connectivity index is 2.12. The predicted octanol–water partition coefficient (Wildman–Crippen LogP) is 2.76. The number of hydrogen-bond donors (Lipinski definition) is 1. The molecule has 1 fully saturated rings. The van der Waals surface area contributed by atoms with E-state index in [0.717, 1.165) is 26.2 Å². The molecule has 1 saturated heterocycles. The van der Waals surface area contributed by atoms with Crippen LogP contribution in [0.3, 0.4) is 0 Å². The van der Waals surface area contributed by atoms with Gasteiger partial charge in [-0.25, -0.2) is 0 Å². The molecule has 0 spiro atoms. The number of anilines is 2. The van der Waals surface area contributed by atoms with Crippen molar-refractivity contribution in [3.63, 3.8) is 0 Å². The maximum absolute atomic E-state index is 3.77. The van der Waals surface area contributed by atoms with Crippen LogP contribution >= 0.6 is 15.9 Å². The highest BCUT2D eigenvalue weighted by Crippen LogP contribution is 2.43. The molecule has 3 nitrogen and oxygen atoms in total. The Morgan fingerprint density at radius 2 is 2.16 bits per heavy atom. The monoisotopic (exact) mass is 323 g/mol. The number of nitrogens with one attached hydrogen (secondary N) is 1. The minimum absolute atomic E-state index is 0.529. The molecule has 0 aromatic heterocycles. The molecule has 0 radical (unpaired) electrons. The summed E-state index contributed by atoms with van der Waals surface area (Å²) >= 11 is 3.77. The highest BCUT2D eigenvalue weighted by molar-refractivity contribution is 9.10. The summed E-state index contributed by atoms with van der Waals surface area (Å²) in [6.07, 6.45) is 0. The average Bonchev–Trinajstić information content (AvgIpc) is 2.37. The van der Waals surface area contributed by atoms with E-state index in [1.54, 1.807) is 0 Å². The lowest BCUT2D eigenvalue weighted by molar-refractivity contribution is 0.448. The number of piperazine rings is 1. The lowest BCUT2D eigenvalue weighted by atomic mass is 10.0. The topological polar surface area (TPSA) is 18.5 Å². The fourth-order valence-corrected chi connectivity index (χ4v) is 4.04.